The lowest BCUT2D eigenvalue weighted by atomic mass is 10.2. The van der Waals surface area contributed by atoms with Crippen molar-refractivity contribution in [3.05, 3.63) is 53.2 Å². The summed E-state index contributed by atoms with van der Waals surface area (Å²) in [4.78, 5) is 10.9. The van der Waals surface area contributed by atoms with E-state index >= 15 is 0 Å². The molecule has 2 aromatic heterocycles. The van der Waals surface area contributed by atoms with Crippen LogP contribution >= 0.6 is 11.6 Å². The van der Waals surface area contributed by atoms with Crippen molar-refractivity contribution in [2.45, 2.75) is 19.4 Å². The number of aliphatic imine (C=N–C) groups is 1. The molecule has 1 atom stereocenters. The number of nitrogens with one attached hydrogen (secondary N) is 2. The molecule has 25 heavy (non-hydrogen) atoms. The molecule has 0 aromatic carbocycles. The molecule has 2 rings (SSSR count). The summed E-state index contributed by atoms with van der Waals surface area (Å²) >= 11 is 5.81. The summed E-state index contributed by atoms with van der Waals surface area (Å²) in [7, 11) is 4.05. The topological polar surface area (TPSA) is 65.7 Å². The number of halogens is 1. The van der Waals surface area contributed by atoms with Gasteiger partial charge in [0.05, 0.1) is 18.8 Å². The molecule has 0 aliphatic rings. The fraction of sp³-hybridized carbons (Fsp3) is 0.444. The standard InChI is InChI=1S/C18H26ClN5O/c1-4-20-18(21-10-9-14-7-8-17(19)22-12-14)23-13-15(24(2)3)16-6-5-11-25-16/h5-8,11-12,15H,4,9-10,13H2,1-3H3,(H2,20,21,23). The van der Waals surface area contributed by atoms with Gasteiger partial charge in [0.1, 0.15) is 10.9 Å². The van der Waals surface area contributed by atoms with Gasteiger partial charge in [0, 0.05) is 19.3 Å². The Morgan fingerprint density at radius 2 is 2.16 bits per heavy atom. The Kier molecular flexibility index (Phi) is 7.76. The van der Waals surface area contributed by atoms with Crippen molar-refractivity contribution in [1.29, 1.82) is 0 Å². The van der Waals surface area contributed by atoms with E-state index in [-0.39, 0.29) is 6.04 Å². The van der Waals surface area contributed by atoms with Crippen LogP contribution in [-0.4, -0.2) is 49.6 Å². The number of hydrogen-bond donors (Lipinski definition) is 2. The lowest BCUT2D eigenvalue weighted by Gasteiger charge is -2.21. The van der Waals surface area contributed by atoms with Crippen molar-refractivity contribution in [2.24, 2.45) is 4.99 Å². The van der Waals surface area contributed by atoms with Gasteiger partial charge in [-0.1, -0.05) is 17.7 Å². The molecule has 1 unspecified atom stereocenters. The Labute approximate surface area is 154 Å². The largest absolute Gasteiger partial charge is 0.468 e. The lowest BCUT2D eigenvalue weighted by molar-refractivity contribution is 0.265. The Hall–Kier alpha value is -2.05. The molecule has 0 saturated heterocycles. The number of likely N-dealkylation sites (N-methyl/N-ethyl adjacent to an activating group) is 1. The molecule has 0 bridgehead atoms. The summed E-state index contributed by atoms with van der Waals surface area (Å²) in [6.45, 7) is 4.23. The summed E-state index contributed by atoms with van der Waals surface area (Å²) in [6, 6.07) is 7.78. The highest BCUT2D eigenvalue weighted by atomic mass is 35.5. The Balaban J connectivity index is 1.91. The van der Waals surface area contributed by atoms with Gasteiger partial charge in [-0.15, -0.1) is 0 Å². The predicted molar refractivity (Wildman–Crippen MR) is 102 cm³/mol. The number of aromatic nitrogens is 1. The minimum atomic E-state index is 0.103. The molecule has 2 aromatic rings. The summed E-state index contributed by atoms with van der Waals surface area (Å²) in [6.07, 6.45) is 4.34. The van der Waals surface area contributed by atoms with Crippen molar-refractivity contribution in [3.63, 3.8) is 0 Å². The van der Waals surface area contributed by atoms with Crippen molar-refractivity contribution < 1.29 is 4.42 Å². The average molecular weight is 364 g/mol. The zero-order chi connectivity index (χ0) is 18.1. The second-order valence-corrected chi connectivity index (χ2v) is 6.27. The van der Waals surface area contributed by atoms with E-state index in [2.05, 4.69) is 27.4 Å². The van der Waals surface area contributed by atoms with Crippen molar-refractivity contribution in [3.8, 4) is 0 Å². The van der Waals surface area contributed by atoms with Gasteiger partial charge in [0.2, 0.25) is 0 Å². The summed E-state index contributed by atoms with van der Waals surface area (Å²) in [5.41, 5.74) is 1.13. The first-order valence-electron chi connectivity index (χ1n) is 8.42. The van der Waals surface area contributed by atoms with Crippen molar-refractivity contribution in [2.75, 3.05) is 33.7 Å². The van der Waals surface area contributed by atoms with Crippen LogP contribution in [0.3, 0.4) is 0 Å². The third-order valence-electron chi connectivity index (χ3n) is 3.76. The van der Waals surface area contributed by atoms with Crippen LogP contribution in [0.2, 0.25) is 5.15 Å². The Morgan fingerprint density at radius 3 is 2.76 bits per heavy atom. The van der Waals surface area contributed by atoms with E-state index in [4.69, 9.17) is 21.0 Å². The van der Waals surface area contributed by atoms with E-state index in [0.29, 0.717) is 11.7 Å². The molecule has 0 spiro atoms. The van der Waals surface area contributed by atoms with Crippen LogP contribution in [0.4, 0.5) is 0 Å². The summed E-state index contributed by atoms with van der Waals surface area (Å²) < 4.78 is 5.53. The lowest BCUT2D eigenvalue weighted by Crippen LogP contribution is -2.39. The minimum Gasteiger partial charge on any atom is -0.468 e. The molecule has 0 amide bonds. The average Bonchev–Trinajstić information content (AvgIpc) is 3.10. The van der Waals surface area contributed by atoms with Crippen LogP contribution in [0.1, 0.15) is 24.3 Å². The monoisotopic (exact) mass is 363 g/mol. The molecular weight excluding hydrogens is 338 g/mol. The van der Waals surface area contributed by atoms with Gasteiger partial charge in [0.25, 0.3) is 0 Å². The van der Waals surface area contributed by atoms with Crippen molar-refractivity contribution in [1.82, 2.24) is 20.5 Å². The Morgan fingerprint density at radius 1 is 1.32 bits per heavy atom. The second-order valence-electron chi connectivity index (χ2n) is 5.88. The molecule has 136 valence electrons. The fourth-order valence-electron chi connectivity index (χ4n) is 2.39. The van der Waals surface area contributed by atoms with Gasteiger partial charge in [-0.25, -0.2) is 4.98 Å². The second kappa shape index (κ2) is 10.1. The highest BCUT2D eigenvalue weighted by molar-refractivity contribution is 6.29. The summed E-state index contributed by atoms with van der Waals surface area (Å²) in [5, 5.41) is 7.14. The smallest absolute Gasteiger partial charge is 0.191 e. The van der Waals surface area contributed by atoms with Gasteiger partial charge >= 0.3 is 0 Å². The van der Waals surface area contributed by atoms with Gasteiger partial charge < -0.3 is 15.1 Å². The van der Waals surface area contributed by atoms with E-state index in [1.165, 1.54) is 0 Å². The molecule has 0 fully saturated rings. The molecule has 0 aliphatic carbocycles. The Bertz CT molecular complexity index is 640. The predicted octanol–water partition coefficient (Wildman–Crippen LogP) is 2.73. The quantitative estimate of drug-likeness (QED) is 0.429. The summed E-state index contributed by atoms with van der Waals surface area (Å²) in [5.74, 6) is 1.71. The van der Waals surface area contributed by atoms with E-state index in [9.17, 15) is 0 Å². The number of pyridine rings is 1. The van der Waals surface area contributed by atoms with Crippen LogP contribution in [0.5, 0.6) is 0 Å². The zero-order valence-corrected chi connectivity index (χ0v) is 15.8. The highest BCUT2D eigenvalue weighted by Crippen LogP contribution is 2.18. The highest BCUT2D eigenvalue weighted by Gasteiger charge is 2.16. The number of guanidine groups is 1. The van der Waals surface area contributed by atoms with Crippen LogP contribution in [0.25, 0.3) is 0 Å². The molecule has 0 saturated carbocycles. The maximum atomic E-state index is 5.81. The first-order chi connectivity index (χ1) is 12.1. The van der Waals surface area contributed by atoms with E-state index < -0.39 is 0 Å². The first-order valence-corrected chi connectivity index (χ1v) is 8.80. The van der Waals surface area contributed by atoms with Crippen LogP contribution in [-0.2, 0) is 6.42 Å². The van der Waals surface area contributed by atoms with Gasteiger partial charge in [-0.05, 0) is 51.2 Å². The van der Waals surface area contributed by atoms with Crippen LogP contribution < -0.4 is 10.6 Å². The number of nitrogens with zero attached hydrogens (tertiary/aromatic N) is 3. The first kappa shape index (κ1) is 19.3. The minimum absolute atomic E-state index is 0.103. The molecule has 2 heterocycles. The normalized spacial score (nSPS) is 13.1. The zero-order valence-electron chi connectivity index (χ0n) is 15.0. The van der Waals surface area contributed by atoms with Crippen LogP contribution in [0.15, 0.2) is 46.1 Å². The van der Waals surface area contributed by atoms with Gasteiger partial charge in [-0.2, -0.15) is 0 Å². The van der Waals surface area contributed by atoms with Gasteiger partial charge in [-0.3, -0.25) is 9.89 Å². The maximum Gasteiger partial charge on any atom is 0.191 e. The fourth-order valence-corrected chi connectivity index (χ4v) is 2.50. The van der Waals surface area contributed by atoms with E-state index in [1.807, 2.05) is 32.3 Å². The molecule has 6 nitrogen and oxygen atoms in total. The van der Waals surface area contributed by atoms with Crippen molar-refractivity contribution >= 4 is 17.6 Å². The van der Waals surface area contributed by atoms with E-state index in [0.717, 1.165) is 36.8 Å². The SMILES string of the molecule is CCNC(=NCC(c1ccco1)N(C)C)NCCc1ccc(Cl)nc1. The molecular formula is C18H26ClN5O. The molecule has 0 radical (unpaired) electrons. The van der Waals surface area contributed by atoms with Crippen LogP contribution in [0, 0.1) is 0 Å². The van der Waals surface area contributed by atoms with E-state index in [1.54, 1.807) is 18.5 Å². The molecule has 2 N–H and O–H groups in total. The molecule has 7 heteroatoms. The number of furan rings is 1. The maximum absolute atomic E-state index is 5.81. The molecule has 0 aliphatic heterocycles. The number of hydrogen-bond acceptors (Lipinski definition) is 4. The van der Waals surface area contributed by atoms with Gasteiger partial charge in [0.15, 0.2) is 5.96 Å². The third-order valence-corrected chi connectivity index (χ3v) is 3.98. The number of rotatable bonds is 8. The third kappa shape index (κ3) is 6.40.